The van der Waals surface area contributed by atoms with E-state index < -0.39 is 0 Å². The average Bonchev–Trinajstić information content (AvgIpc) is 3.17. The number of hydrogen-bond donors (Lipinski definition) is 1. The van der Waals surface area contributed by atoms with E-state index in [4.69, 9.17) is 0 Å². The first-order valence-corrected chi connectivity index (χ1v) is 6.17. The summed E-state index contributed by atoms with van der Waals surface area (Å²) in [4.78, 5) is 4.23. The van der Waals surface area contributed by atoms with Gasteiger partial charge in [-0.3, -0.25) is 0 Å². The third-order valence-corrected chi connectivity index (χ3v) is 2.81. The topological polar surface area (TPSA) is 98.7 Å². The van der Waals surface area contributed by atoms with Gasteiger partial charge in [-0.25, -0.2) is 9.67 Å². The Bertz CT molecular complexity index is 880. The van der Waals surface area contributed by atoms with Crippen LogP contribution in [0.4, 0.5) is 11.5 Å². The smallest absolute Gasteiger partial charge is 0.200 e. The van der Waals surface area contributed by atoms with Crippen LogP contribution < -0.4 is 5.32 Å². The lowest BCUT2D eigenvalue weighted by molar-refractivity contribution is 0.736. The first kappa shape index (κ1) is 11.5. The molecule has 4 rings (SSSR count). The van der Waals surface area contributed by atoms with E-state index in [2.05, 4.69) is 36.0 Å². The van der Waals surface area contributed by atoms with Crippen molar-refractivity contribution >= 4 is 17.2 Å². The molecule has 9 nitrogen and oxygen atoms in total. The van der Waals surface area contributed by atoms with Gasteiger partial charge in [-0.2, -0.15) is 5.10 Å². The van der Waals surface area contributed by atoms with Crippen molar-refractivity contribution in [2.75, 3.05) is 5.32 Å². The second kappa shape index (κ2) is 4.63. The van der Waals surface area contributed by atoms with Gasteiger partial charge in [0.05, 0.1) is 18.1 Å². The van der Waals surface area contributed by atoms with Crippen molar-refractivity contribution in [1.29, 1.82) is 0 Å². The molecule has 0 fully saturated rings. The third kappa shape index (κ3) is 2.16. The molecule has 0 aliphatic carbocycles. The molecule has 0 bridgehead atoms. The van der Waals surface area contributed by atoms with Crippen LogP contribution in [0.3, 0.4) is 0 Å². The van der Waals surface area contributed by atoms with Gasteiger partial charge >= 0.3 is 0 Å². The van der Waals surface area contributed by atoms with Crippen LogP contribution in [0, 0.1) is 0 Å². The van der Waals surface area contributed by atoms with Crippen LogP contribution in [0.5, 0.6) is 0 Å². The Morgan fingerprint density at radius 2 is 2.10 bits per heavy atom. The number of hydrogen-bond acceptors (Lipinski definition) is 7. The van der Waals surface area contributed by atoms with E-state index in [-0.39, 0.29) is 0 Å². The van der Waals surface area contributed by atoms with Crippen LogP contribution in [-0.2, 0) is 0 Å². The summed E-state index contributed by atoms with van der Waals surface area (Å²) in [5.74, 6) is 1.37. The highest BCUT2D eigenvalue weighted by atomic mass is 15.6. The van der Waals surface area contributed by atoms with Gasteiger partial charge in [-0.1, -0.05) is 6.07 Å². The first-order valence-electron chi connectivity index (χ1n) is 6.17. The number of anilines is 2. The molecule has 102 valence electrons. The SMILES string of the molecule is c1ccc(-n2cc(Nc3ccc4nnnn4n3)cn2)nc1. The Morgan fingerprint density at radius 3 is 3.00 bits per heavy atom. The Kier molecular flexibility index (Phi) is 2.53. The van der Waals surface area contributed by atoms with Crippen LogP contribution in [0.1, 0.15) is 0 Å². The maximum absolute atomic E-state index is 4.25. The Hall–Kier alpha value is -3.36. The van der Waals surface area contributed by atoms with Gasteiger partial charge in [-0.05, 0) is 34.7 Å². The van der Waals surface area contributed by atoms with Crippen molar-refractivity contribution in [2.24, 2.45) is 0 Å². The molecular formula is C12H9N9. The second-order valence-electron chi connectivity index (χ2n) is 4.23. The number of pyridine rings is 1. The summed E-state index contributed by atoms with van der Waals surface area (Å²) in [6.07, 6.45) is 5.24. The van der Waals surface area contributed by atoms with E-state index >= 15 is 0 Å². The van der Waals surface area contributed by atoms with Gasteiger partial charge in [0.2, 0.25) is 0 Å². The molecule has 4 aromatic heterocycles. The van der Waals surface area contributed by atoms with Gasteiger partial charge in [0, 0.05) is 6.20 Å². The zero-order valence-corrected chi connectivity index (χ0v) is 10.7. The number of rotatable bonds is 3. The van der Waals surface area contributed by atoms with E-state index in [1.807, 2.05) is 24.4 Å². The van der Waals surface area contributed by atoms with E-state index in [0.29, 0.717) is 11.5 Å². The van der Waals surface area contributed by atoms with Crippen LogP contribution in [-0.4, -0.2) is 40.0 Å². The molecule has 0 saturated heterocycles. The fourth-order valence-corrected chi connectivity index (χ4v) is 1.87. The summed E-state index contributed by atoms with van der Waals surface area (Å²) in [7, 11) is 0. The molecule has 0 amide bonds. The molecule has 0 spiro atoms. The highest BCUT2D eigenvalue weighted by Crippen LogP contribution is 2.14. The standard InChI is InChI=1S/C12H9N9/c1-2-6-13-11(3-1)20-8-9(7-14-20)15-10-4-5-12-16-18-19-21(12)17-10/h1-8H,(H,15,17). The molecule has 0 aromatic carbocycles. The fourth-order valence-electron chi connectivity index (χ4n) is 1.87. The Labute approximate surface area is 118 Å². The molecule has 0 unspecified atom stereocenters. The van der Waals surface area contributed by atoms with E-state index in [1.54, 1.807) is 29.2 Å². The van der Waals surface area contributed by atoms with Crippen molar-refractivity contribution in [3.05, 3.63) is 48.9 Å². The summed E-state index contributed by atoms with van der Waals surface area (Å²) in [5, 5.41) is 22.7. The van der Waals surface area contributed by atoms with Gasteiger partial charge in [0.15, 0.2) is 17.3 Å². The normalized spacial score (nSPS) is 10.9. The summed E-state index contributed by atoms with van der Waals surface area (Å²) in [6, 6.07) is 9.21. The first-order chi connectivity index (χ1) is 10.4. The minimum atomic E-state index is 0.588. The highest BCUT2D eigenvalue weighted by Gasteiger charge is 2.04. The molecular weight excluding hydrogens is 270 g/mol. The highest BCUT2D eigenvalue weighted by molar-refractivity contribution is 5.55. The molecule has 0 radical (unpaired) electrons. The van der Waals surface area contributed by atoms with E-state index in [9.17, 15) is 0 Å². The monoisotopic (exact) mass is 279 g/mol. The van der Waals surface area contributed by atoms with Gasteiger partial charge < -0.3 is 5.32 Å². The summed E-state index contributed by atoms with van der Waals surface area (Å²) < 4.78 is 3.03. The molecule has 0 aliphatic heterocycles. The predicted octanol–water partition coefficient (Wildman–Crippen LogP) is 0.844. The molecule has 0 saturated carbocycles. The van der Waals surface area contributed by atoms with Crippen LogP contribution in [0.2, 0.25) is 0 Å². The van der Waals surface area contributed by atoms with Gasteiger partial charge in [-0.15, -0.1) is 14.8 Å². The Morgan fingerprint density at radius 1 is 1.10 bits per heavy atom. The minimum absolute atomic E-state index is 0.588. The quantitative estimate of drug-likeness (QED) is 0.593. The summed E-state index contributed by atoms with van der Waals surface area (Å²) in [6.45, 7) is 0. The van der Waals surface area contributed by atoms with Crippen molar-refractivity contribution in [1.82, 2.24) is 40.0 Å². The largest absolute Gasteiger partial charge is 0.336 e. The third-order valence-electron chi connectivity index (χ3n) is 2.81. The number of fused-ring (bicyclic) bond motifs is 1. The Balaban J connectivity index is 1.61. The lowest BCUT2D eigenvalue weighted by atomic mass is 10.4. The lowest BCUT2D eigenvalue weighted by Crippen LogP contribution is -2.00. The van der Waals surface area contributed by atoms with E-state index in [0.717, 1.165) is 11.5 Å². The maximum atomic E-state index is 4.25. The lowest BCUT2D eigenvalue weighted by Gasteiger charge is -2.01. The predicted molar refractivity (Wildman–Crippen MR) is 73.2 cm³/mol. The van der Waals surface area contributed by atoms with Crippen molar-refractivity contribution in [2.45, 2.75) is 0 Å². The van der Waals surface area contributed by atoms with Crippen LogP contribution >= 0.6 is 0 Å². The average molecular weight is 279 g/mol. The number of tetrazole rings is 1. The summed E-state index contributed by atoms with van der Waals surface area (Å²) in [5.41, 5.74) is 1.38. The minimum Gasteiger partial charge on any atom is -0.336 e. The zero-order valence-electron chi connectivity index (χ0n) is 10.7. The van der Waals surface area contributed by atoms with E-state index in [1.165, 1.54) is 4.63 Å². The summed E-state index contributed by atoms with van der Waals surface area (Å²) >= 11 is 0. The molecule has 9 heteroatoms. The van der Waals surface area contributed by atoms with Crippen LogP contribution in [0.15, 0.2) is 48.9 Å². The molecule has 0 aliphatic rings. The van der Waals surface area contributed by atoms with Gasteiger partial charge in [0.1, 0.15) is 0 Å². The fraction of sp³-hybridized carbons (Fsp3) is 0. The van der Waals surface area contributed by atoms with Crippen molar-refractivity contribution in [3.63, 3.8) is 0 Å². The molecule has 21 heavy (non-hydrogen) atoms. The number of nitrogens with one attached hydrogen (secondary N) is 1. The molecule has 0 atom stereocenters. The number of aromatic nitrogens is 8. The van der Waals surface area contributed by atoms with Crippen LogP contribution in [0.25, 0.3) is 11.5 Å². The molecule has 4 heterocycles. The second-order valence-corrected chi connectivity index (χ2v) is 4.23. The number of nitrogens with zero attached hydrogens (tertiary/aromatic N) is 8. The maximum Gasteiger partial charge on any atom is 0.200 e. The molecule has 1 N–H and O–H groups in total. The molecule has 4 aromatic rings. The van der Waals surface area contributed by atoms with Crippen molar-refractivity contribution < 1.29 is 0 Å². The zero-order chi connectivity index (χ0) is 14.1. The van der Waals surface area contributed by atoms with Crippen molar-refractivity contribution in [3.8, 4) is 5.82 Å². The van der Waals surface area contributed by atoms with Gasteiger partial charge in [0.25, 0.3) is 0 Å².